The molecule has 1 fully saturated rings. The van der Waals surface area contributed by atoms with Gasteiger partial charge in [0.2, 0.25) is 0 Å². The molecule has 0 aliphatic carbocycles. The molecule has 1 aromatic rings. The molecule has 82 valence electrons. The van der Waals surface area contributed by atoms with E-state index in [1.54, 1.807) is 12.3 Å². The first-order valence-electron chi connectivity index (χ1n) is 5.19. The molecular weight excluding hydrogens is 214 g/mol. The molecule has 0 saturated carbocycles. The predicted octanol–water partition coefficient (Wildman–Crippen LogP) is 1.65. The molecule has 2 heterocycles. The normalized spacial score (nSPS) is 21.3. The largest absolute Gasteiger partial charge is 0.462 e. The molecule has 0 radical (unpaired) electrons. The van der Waals surface area contributed by atoms with Gasteiger partial charge in [-0.15, -0.1) is 0 Å². The monoisotopic (exact) mass is 227 g/mol. The first-order valence-corrected chi connectivity index (χ1v) is 5.57. The van der Waals surface area contributed by atoms with Crippen LogP contribution in [0, 0.1) is 0 Å². The summed E-state index contributed by atoms with van der Waals surface area (Å²) in [5, 5.41) is 3.80. The Morgan fingerprint density at radius 3 is 3.20 bits per heavy atom. The zero-order valence-electron chi connectivity index (χ0n) is 8.45. The van der Waals surface area contributed by atoms with Crippen LogP contribution in [0.25, 0.3) is 0 Å². The summed E-state index contributed by atoms with van der Waals surface area (Å²) in [5.74, 6) is 0. The van der Waals surface area contributed by atoms with Gasteiger partial charge in [-0.3, -0.25) is 0 Å². The van der Waals surface area contributed by atoms with E-state index >= 15 is 0 Å². The van der Waals surface area contributed by atoms with Crippen molar-refractivity contribution in [2.24, 2.45) is 0 Å². The summed E-state index contributed by atoms with van der Waals surface area (Å²) in [4.78, 5) is 7.94. The third-order valence-electron chi connectivity index (χ3n) is 2.43. The molecule has 0 spiro atoms. The topological polar surface area (TPSA) is 47.0 Å². The van der Waals surface area contributed by atoms with Crippen molar-refractivity contribution >= 4 is 11.6 Å². The minimum Gasteiger partial charge on any atom is -0.462 e. The molecule has 2 rings (SSSR count). The van der Waals surface area contributed by atoms with Crippen molar-refractivity contribution in [1.82, 2.24) is 15.3 Å². The summed E-state index contributed by atoms with van der Waals surface area (Å²) in [6.07, 6.45) is 5.27. The van der Waals surface area contributed by atoms with Crippen molar-refractivity contribution in [2.75, 3.05) is 13.2 Å². The highest BCUT2D eigenvalue weighted by atomic mass is 35.5. The van der Waals surface area contributed by atoms with Gasteiger partial charge in [0.25, 0.3) is 0 Å². The van der Waals surface area contributed by atoms with Crippen LogP contribution in [0.3, 0.4) is 0 Å². The van der Waals surface area contributed by atoms with Gasteiger partial charge in [0.1, 0.15) is 11.8 Å². The van der Waals surface area contributed by atoms with Crippen LogP contribution in [-0.4, -0.2) is 29.2 Å². The Balaban J connectivity index is 1.81. The third kappa shape index (κ3) is 3.32. The van der Waals surface area contributed by atoms with Gasteiger partial charge < -0.3 is 10.1 Å². The minimum absolute atomic E-state index is 0.356. The van der Waals surface area contributed by atoms with Gasteiger partial charge >= 0.3 is 6.01 Å². The standard InChI is InChI=1S/C10H14ClN3O/c11-9-4-6-13-10(14-9)15-7-8-3-1-2-5-12-8/h4,6,8,12H,1-3,5,7H2/t8-/m1/s1. The molecule has 4 nitrogen and oxygen atoms in total. The highest BCUT2D eigenvalue weighted by Gasteiger charge is 2.13. The van der Waals surface area contributed by atoms with Crippen molar-refractivity contribution in [2.45, 2.75) is 25.3 Å². The molecule has 0 amide bonds. The number of nitrogens with one attached hydrogen (secondary N) is 1. The highest BCUT2D eigenvalue weighted by molar-refractivity contribution is 6.29. The van der Waals surface area contributed by atoms with Crippen LogP contribution in [0.15, 0.2) is 12.3 Å². The minimum atomic E-state index is 0.356. The van der Waals surface area contributed by atoms with Crippen LogP contribution in [-0.2, 0) is 0 Å². The molecule has 1 N–H and O–H groups in total. The van der Waals surface area contributed by atoms with Crippen LogP contribution in [0.4, 0.5) is 0 Å². The lowest BCUT2D eigenvalue weighted by Gasteiger charge is -2.22. The predicted molar refractivity (Wildman–Crippen MR) is 58.2 cm³/mol. The van der Waals surface area contributed by atoms with Gasteiger partial charge in [0.15, 0.2) is 0 Å². The number of nitrogens with zero attached hydrogens (tertiary/aromatic N) is 2. The second-order valence-corrected chi connectivity index (χ2v) is 4.01. The fourth-order valence-electron chi connectivity index (χ4n) is 1.63. The Morgan fingerprint density at radius 2 is 2.47 bits per heavy atom. The van der Waals surface area contributed by atoms with Gasteiger partial charge in [-0.1, -0.05) is 18.0 Å². The lowest BCUT2D eigenvalue weighted by Crippen LogP contribution is -2.38. The maximum absolute atomic E-state index is 5.72. The number of rotatable bonds is 3. The average Bonchev–Trinajstić information content (AvgIpc) is 2.28. The van der Waals surface area contributed by atoms with Crippen molar-refractivity contribution in [1.29, 1.82) is 0 Å². The summed E-state index contributed by atoms with van der Waals surface area (Å²) in [7, 11) is 0. The molecule has 15 heavy (non-hydrogen) atoms. The molecule has 0 unspecified atom stereocenters. The van der Waals surface area contributed by atoms with Gasteiger partial charge in [-0.25, -0.2) is 4.98 Å². The van der Waals surface area contributed by atoms with Crippen LogP contribution in [0.2, 0.25) is 5.15 Å². The number of aromatic nitrogens is 2. The summed E-state index contributed by atoms with van der Waals surface area (Å²) < 4.78 is 5.46. The average molecular weight is 228 g/mol. The molecule has 1 aliphatic heterocycles. The molecule has 1 saturated heterocycles. The lowest BCUT2D eigenvalue weighted by atomic mass is 10.1. The molecule has 1 atom stereocenters. The van der Waals surface area contributed by atoms with E-state index in [9.17, 15) is 0 Å². The molecule has 0 bridgehead atoms. The zero-order valence-corrected chi connectivity index (χ0v) is 9.20. The summed E-state index contributed by atoms with van der Waals surface area (Å²) in [6.45, 7) is 1.69. The van der Waals surface area contributed by atoms with E-state index < -0.39 is 0 Å². The molecule has 1 aromatic heterocycles. The number of piperidine rings is 1. The number of ether oxygens (including phenoxy) is 1. The van der Waals surface area contributed by atoms with Crippen LogP contribution < -0.4 is 10.1 Å². The zero-order chi connectivity index (χ0) is 10.5. The maximum atomic E-state index is 5.72. The van der Waals surface area contributed by atoms with Crippen molar-refractivity contribution in [3.05, 3.63) is 17.4 Å². The first-order chi connectivity index (χ1) is 7.34. The first kappa shape index (κ1) is 10.6. The van der Waals surface area contributed by atoms with E-state index in [-0.39, 0.29) is 0 Å². The van der Waals surface area contributed by atoms with E-state index in [0.717, 1.165) is 13.0 Å². The fraction of sp³-hybridized carbons (Fsp3) is 0.600. The second-order valence-electron chi connectivity index (χ2n) is 3.62. The third-order valence-corrected chi connectivity index (χ3v) is 2.64. The van der Waals surface area contributed by atoms with E-state index in [2.05, 4.69) is 15.3 Å². The van der Waals surface area contributed by atoms with Crippen molar-refractivity contribution in [3.8, 4) is 6.01 Å². The maximum Gasteiger partial charge on any atom is 0.317 e. The molecule has 1 aliphatic rings. The summed E-state index contributed by atoms with van der Waals surface area (Å²) in [6, 6.07) is 2.41. The Morgan fingerprint density at radius 1 is 1.53 bits per heavy atom. The van der Waals surface area contributed by atoms with Crippen molar-refractivity contribution < 1.29 is 4.74 Å². The smallest absolute Gasteiger partial charge is 0.317 e. The summed E-state index contributed by atoms with van der Waals surface area (Å²) >= 11 is 5.72. The van der Waals surface area contributed by atoms with E-state index in [1.165, 1.54) is 12.8 Å². The number of halogens is 1. The van der Waals surface area contributed by atoms with E-state index in [0.29, 0.717) is 23.8 Å². The highest BCUT2D eigenvalue weighted by Crippen LogP contribution is 2.10. The van der Waals surface area contributed by atoms with Gasteiger partial charge in [0, 0.05) is 12.2 Å². The Bertz CT molecular complexity index is 315. The Labute approximate surface area is 94.0 Å². The Hall–Kier alpha value is -0.870. The molecule has 5 heteroatoms. The Kier molecular flexibility index (Phi) is 3.75. The lowest BCUT2D eigenvalue weighted by molar-refractivity contribution is 0.224. The fourth-order valence-corrected chi connectivity index (χ4v) is 1.76. The van der Waals surface area contributed by atoms with Crippen LogP contribution >= 0.6 is 11.6 Å². The van der Waals surface area contributed by atoms with Crippen molar-refractivity contribution in [3.63, 3.8) is 0 Å². The van der Waals surface area contributed by atoms with Gasteiger partial charge in [0.05, 0.1) is 0 Å². The second kappa shape index (κ2) is 5.28. The van der Waals surface area contributed by atoms with Gasteiger partial charge in [-0.2, -0.15) is 4.98 Å². The molecule has 0 aromatic carbocycles. The van der Waals surface area contributed by atoms with E-state index in [1.807, 2.05) is 0 Å². The number of hydrogen-bond donors (Lipinski definition) is 1. The van der Waals surface area contributed by atoms with Gasteiger partial charge in [-0.05, 0) is 25.5 Å². The van der Waals surface area contributed by atoms with E-state index in [4.69, 9.17) is 16.3 Å². The quantitative estimate of drug-likeness (QED) is 0.798. The number of hydrogen-bond acceptors (Lipinski definition) is 4. The van der Waals surface area contributed by atoms with Crippen LogP contribution in [0.1, 0.15) is 19.3 Å². The summed E-state index contributed by atoms with van der Waals surface area (Å²) in [5.41, 5.74) is 0. The SMILES string of the molecule is Clc1ccnc(OC[C@H]2CCCCN2)n1. The van der Waals surface area contributed by atoms with Crippen LogP contribution in [0.5, 0.6) is 6.01 Å². The molecular formula is C10H14ClN3O.